The number of hydrogen-bond donors (Lipinski definition) is 1. The fourth-order valence-corrected chi connectivity index (χ4v) is 2.90. The number of rotatable bonds is 2. The Balaban J connectivity index is 2.23. The summed E-state index contributed by atoms with van der Waals surface area (Å²) in [5.74, 6) is 0. The van der Waals surface area contributed by atoms with Crippen molar-refractivity contribution in [3.8, 4) is 0 Å². The zero-order valence-corrected chi connectivity index (χ0v) is 11.9. The highest BCUT2D eigenvalue weighted by Crippen LogP contribution is 2.21. The van der Waals surface area contributed by atoms with Crippen LogP contribution in [0, 0.1) is 0 Å². The van der Waals surface area contributed by atoms with E-state index in [4.69, 9.17) is 0 Å². The first-order chi connectivity index (χ1) is 8.38. The summed E-state index contributed by atoms with van der Waals surface area (Å²) in [6.45, 7) is 6.22. The van der Waals surface area contributed by atoms with Gasteiger partial charge in [0.05, 0.1) is 4.90 Å². The molecule has 1 fully saturated rings. The summed E-state index contributed by atoms with van der Waals surface area (Å²) in [5.41, 5.74) is 1.09. The smallest absolute Gasteiger partial charge is 0.175 e. The van der Waals surface area contributed by atoms with Crippen molar-refractivity contribution >= 4 is 15.5 Å². The lowest BCUT2D eigenvalue weighted by atomic mass is 10.1. The number of nitrogens with zero attached hydrogens (tertiary/aromatic N) is 1. The molecule has 0 aliphatic carbocycles. The fraction of sp³-hybridized carbons (Fsp3) is 0.538. The largest absolute Gasteiger partial charge is 0.366 e. The van der Waals surface area contributed by atoms with Gasteiger partial charge < -0.3 is 10.2 Å². The van der Waals surface area contributed by atoms with Gasteiger partial charge in [-0.2, -0.15) is 0 Å². The molecule has 1 aliphatic heterocycles. The van der Waals surface area contributed by atoms with Crippen molar-refractivity contribution < 1.29 is 8.42 Å². The van der Waals surface area contributed by atoms with Crippen LogP contribution in [-0.2, 0) is 9.84 Å². The predicted octanol–water partition coefficient (Wildman–Crippen LogP) is 1.28. The molecule has 4 nitrogen and oxygen atoms in total. The highest BCUT2D eigenvalue weighted by Gasteiger charge is 2.22. The number of anilines is 1. The van der Waals surface area contributed by atoms with Crippen molar-refractivity contribution in [2.45, 2.75) is 30.8 Å². The number of nitrogens with one attached hydrogen (secondary N) is 1. The summed E-state index contributed by atoms with van der Waals surface area (Å²) >= 11 is 0. The molecule has 0 unspecified atom stereocenters. The molecule has 0 aromatic heterocycles. The maximum Gasteiger partial charge on any atom is 0.175 e. The van der Waals surface area contributed by atoms with Crippen molar-refractivity contribution in [2.75, 3.05) is 24.2 Å². The molecule has 0 amide bonds. The SMILES string of the molecule is C[C@@H]1CN(c2ccc(S(C)(=O)=O)cc2)[C@@H](C)CN1. The van der Waals surface area contributed by atoms with E-state index in [1.165, 1.54) is 6.26 Å². The molecule has 1 saturated heterocycles. The first-order valence-electron chi connectivity index (χ1n) is 6.18. The molecule has 2 atom stereocenters. The van der Waals surface area contributed by atoms with Gasteiger partial charge in [-0.15, -0.1) is 0 Å². The molecule has 1 aliphatic rings. The Morgan fingerprint density at radius 1 is 1.22 bits per heavy atom. The second kappa shape index (κ2) is 4.90. The fourth-order valence-electron chi connectivity index (χ4n) is 2.27. The number of piperazine rings is 1. The Kier molecular flexibility index (Phi) is 3.64. The van der Waals surface area contributed by atoms with Crippen LogP contribution in [-0.4, -0.2) is 39.8 Å². The maximum atomic E-state index is 11.4. The predicted molar refractivity (Wildman–Crippen MR) is 73.8 cm³/mol. The van der Waals surface area contributed by atoms with Gasteiger partial charge >= 0.3 is 0 Å². The summed E-state index contributed by atoms with van der Waals surface area (Å²) < 4.78 is 22.8. The molecule has 1 N–H and O–H groups in total. The first kappa shape index (κ1) is 13.4. The van der Waals surface area contributed by atoms with Gasteiger partial charge in [-0.25, -0.2) is 8.42 Å². The Morgan fingerprint density at radius 2 is 1.83 bits per heavy atom. The zero-order valence-electron chi connectivity index (χ0n) is 11.1. The molecular weight excluding hydrogens is 248 g/mol. The highest BCUT2D eigenvalue weighted by atomic mass is 32.2. The van der Waals surface area contributed by atoms with E-state index in [0.29, 0.717) is 17.0 Å². The van der Waals surface area contributed by atoms with Crippen LogP contribution < -0.4 is 10.2 Å². The van der Waals surface area contributed by atoms with Crippen LogP contribution in [0.1, 0.15) is 13.8 Å². The van der Waals surface area contributed by atoms with E-state index in [1.54, 1.807) is 12.1 Å². The van der Waals surface area contributed by atoms with Crippen LogP contribution in [0.15, 0.2) is 29.2 Å². The molecule has 0 spiro atoms. The topological polar surface area (TPSA) is 49.4 Å². The lowest BCUT2D eigenvalue weighted by molar-refractivity contribution is 0.425. The Bertz CT molecular complexity index is 510. The third kappa shape index (κ3) is 2.84. The number of benzene rings is 1. The van der Waals surface area contributed by atoms with E-state index in [-0.39, 0.29) is 0 Å². The second-order valence-corrected chi connectivity index (χ2v) is 7.09. The molecule has 1 heterocycles. The quantitative estimate of drug-likeness (QED) is 0.878. The van der Waals surface area contributed by atoms with E-state index in [0.717, 1.165) is 18.8 Å². The van der Waals surface area contributed by atoms with Crippen molar-refractivity contribution in [1.82, 2.24) is 5.32 Å². The van der Waals surface area contributed by atoms with Crippen LogP contribution in [0.25, 0.3) is 0 Å². The molecule has 2 rings (SSSR count). The van der Waals surface area contributed by atoms with Crippen LogP contribution in [0.4, 0.5) is 5.69 Å². The first-order valence-corrected chi connectivity index (χ1v) is 8.07. The van der Waals surface area contributed by atoms with Gasteiger partial charge in [0.2, 0.25) is 0 Å². The number of sulfone groups is 1. The molecule has 1 aromatic rings. The Morgan fingerprint density at radius 3 is 2.39 bits per heavy atom. The van der Waals surface area contributed by atoms with E-state index < -0.39 is 9.84 Å². The molecule has 100 valence electrons. The zero-order chi connectivity index (χ0) is 13.3. The van der Waals surface area contributed by atoms with E-state index in [1.807, 2.05) is 12.1 Å². The third-order valence-corrected chi connectivity index (χ3v) is 4.49. The van der Waals surface area contributed by atoms with Gasteiger partial charge in [0.1, 0.15) is 0 Å². The summed E-state index contributed by atoms with van der Waals surface area (Å²) in [6.07, 6.45) is 1.23. The molecular formula is C13H20N2O2S. The normalized spacial score (nSPS) is 25.2. The van der Waals surface area contributed by atoms with Crippen LogP contribution in [0.5, 0.6) is 0 Å². The van der Waals surface area contributed by atoms with Gasteiger partial charge in [-0.05, 0) is 38.1 Å². The lowest BCUT2D eigenvalue weighted by Crippen LogP contribution is -2.54. The molecule has 0 saturated carbocycles. The summed E-state index contributed by atoms with van der Waals surface area (Å²) in [7, 11) is -3.11. The molecule has 18 heavy (non-hydrogen) atoms. The third-order valence-electron chi connectivity index (χ3n) is 3.36. The van der Waals surface area contributed by atoms with Gasteiger partial charge in [0.25, 0.3) is 0 Å². The minimum atomic E-state index is -3.11. The standard InChI is InChI=1S/C13H20N2O2S/c1-10-9-15(11(2)8-14-10)12-4-6-13(7-5-12)18(3,16)17/h4-7,10-11,14H,8-9H2,1-3H3/t10-,11+/m1/s1. The molecule has 0 radical (unpaired) electrons. The summed E-state index contributed by atoms with van der Waals surface area (Å²) in [6, 6.07) is 8.03. The Hall–Kier alpha value is -1.07. The van der Waals surface area contributed by atoms with E-state index >= 15 is 0 Å². The lowest BCUT2D eigenvalue weighted by Gasteiger charge is -2.39. The molecule has 1 aromatic carbocycles. The van der Waals surface area contributed by atoms with Gasteiger partial charge in [-0.1, -0.05) is 0 Å². The average molecular weight is 268 g/mol. The second-order valence-electron chi connectivity index (χ2n) is 5.08. The highest BCUT2D eigenvalue weighted by molar-refractivity contribution is 7.90. The maximum absolute atomic E-state index is 11.4. The molecule has 0 bridgehead atoms. The van der Waals surface area contributed by atoms with E-state index in [9.17, 15) is 8.42 Å². The monoisotopic (exact) mass is 268 g/mol. The minimum absolute atomic E-state index is 0.377. The Labute approximate surface area is 109 Å². The summed E-state index contributed by atoms with van der Waals surface area (Å²) in [4.78, 5) is 2.69. The van der Waals surface area contributed by atoms with Crippen molar-refractivity contribution in [3.05, 3.63) is 24.3 Å². The van der Waals surface area contributed by atoms with Crippen molar-refractivity contribution in [1.29, 1.82) is 0 Å². The average Bonchev–Trinajstić information content (AvgIpc) is 2.31. The summed E-state index contributed by atoms with van der Waals surface area (Å²) in [5, 5.41) is 3.43. The van der Waals surface area contributed by atoms with Crippen LogP contribution >= 0.6 is 0 Å². The van der Waals surface area contributed by atoms with Gasteiger partial charge in [-0.3, -0.25) is 0 Å². The van der Waals surface area contributed by atoms with Gasteiger partial charge in [0, 0.05) is 37.1 Å². The van der Waals surface area contributed by atoms with Crippen molar-refractivity contribution in [2.24, 2.45) is 0 Å². The van der Waals surface area contributed by atoms with Crippen LogP contribution in [0.2, 0.25) is 0 Å². The van der Waals surface area contributed by atoms with Crippen LogP contribution in [0.3, 0.4) is 0 Å². The number of hydrogen-bond acceptors (Lipinski definition) is 4. The molecule has 5 heteroatoms. The van der Waals surface area contributed by atoms with Gasteiger partial charge in [0.15, 0.2) is 9.84 Å². The van der Waals surface area contributed by atoms with Crippen molar-refractivity contribution in [3.63, 3.8) is 0 Å². The van der Waals surface area contributed by atoms with E-state index in [2.05, 4.69) is 24.1 Å². The minimum Gasteiger partial charge on any atom is -0.366 e.